The van der Waals surface area contributed by atoms with E-state index in [0.29, 0.717) is 25.2 Å². The van der Waals surface area contributed by atoms with Crippen molar-refractivity contribution >= 4 is 11.9 Å². The van der Waals surface area contributed by atoms with Crippen LogP contribution in [0.4, 0.5) is 0 Å². The van der Waals surface area contributed by atoms with Crippen molar-refractivity contribution in [3.05, 3.63) is 0 Å². The number of rotatable bonds is 4. The van der Waals surface area contributed by atoms with Gasteiger partial charge < -0.3 is 10.4 Å². The summed E-state index contributed by atoms with van der Waals surface area (Å²) in [4.78, 5) is 22.7. The second-order valence-corrected chi connectivity index (χ2v) is 6.91. The van der Waals surface area contributed by atoms with Gasteiger partial charge in [0.05, 0.1) is 5.92 Å². The van der Waals surface area contributed by atoms with E-state index in [2.05, 4.69) is 19.2 Å². The van der Waals surface area contributed by atoms with Gasteiger partial charge in [0.25, 0.3) is 0 Å². The minimum Gasteiger partial charge on any atom is -0.481 e. The highest BCUT2D eigenvalue weighted by Crippen LogP contribution is 2.42. The number of carbonyl (C=O) groups excluding carboxylic acids is 1. The minimum atomic E-state index is -0.737. The molecule has 2 saturated carbocycles. The van der Waals surface area contributed by atoms with Gasteiger partial charge in [-0.2, -0.15) is 0 Å². The normalized spacial score (nSPS) is 33.3. The summed E-state index contributed by atoms with van der Waals surface area (Å²) in [6.07, 6.45) is 6.63. The summed E-state index contributed by atoms with van der Waals surface area (Å²) in [6.45, 7) is 4.52. The fourth-order valence-corrected chi connectivity index (χ4v) is 3.39. The van der Waals surface area contributed by atoms with E-state index in [1.165, 1.54) is 19.3 Å². The lowest BCUT2D eigenvalue weighted by Crippen LogP contribution is -2.47. The number of aliphatic carboxylic acids is 1. The zero-order chi connectivity index (χ0) is 14.0. The van der Waals surface area contributed by atoms with Crippen LogP contribution < -0.4 is 5.32 Å². The van der Waals surface area contributed by atoms with Crippen molar-refractivity contribution in [1.82, 2.24) is 5.32 Å². The van der Waals surface area contributed by atoms with E-state index in [4.69, 9.17) is 5.11 Å². The summed E-state index contributed by atoms with van der Waals surface area (Å²) in [6, 6.07) is 0.0836. The van der Waals surface area contributed by atoms with Crippen molar-refractivity contribution in [1.29, 1.82) is 0 Å². The van der Waals surface area contributed by atoms with Crippen LogP contribution in [-0.2, 0) is 9.59 Å². The maximum atomic E-state index is 12.0. The molecule has 4 nitrogen and oxygen atoms in total. The Balaban J connectivity index is 1.74. The largest absolute Gasteiger partial charge is 0.481 e. The molecule has 0 radical (unpaired) electrons. The monoisotopic (exact) mass is 267 g/mol. The molecular formula is C15H25NO3. The molecule has 2 N–H and O–H groups in total. The number of amides is 1. The Morgan fingerprint density at radius 1 is 1.26 bits per heavy atom. The van der Waals surface area contributed by atoms with Crippen molar-refractivity contribution < 1.29 is 14.7 Å². The predicted molar refractivity (Wildman–Crippen MR) is 72.6 cm³/mol. The first-order valence-corrected chi connectivity index (χ1v) is 7.40. The molecule has 0 spiro atoms. The molecule has 19 heavy (non-hydrogen) atoms. The van der Waals surface area contributed by atoms with E-state index in [-0.39, 0.29) is 23.3 Å². The van der Waals surface area contributed by atoms with E-state index in [1.54, 1.807) is 0 Å². The molecule has 2 aliphatic rings. The SMILES string of the molecule is CC1(C)CCCCC1CC(=O)NC1CC(C(=O)O)C1. The molecule has 2 aliphatic carbocycles. The van der Waals surface area contributed by atoms with E-state index >= 15 is 0 Å². The van der Waals surface area contributed by atoms with Crippen molar-refractivity contribution in [3.8, 4) is 0 Å². The Morgan fingerprint density at radius 3 is 2.53 bits per heavy atom. The molecule has 0 aliphatic heterocycles. The highest BCUT2D eigenvalue weighted by atomic mass is 16.4. The first kappa shape index (κ1) is 14.4. The molecule has 1 atom stereocenters. The maximum Gasteiger partial charge on any atom is 0.306 e. The molecule has 2 rings (SSSR count). The molecule has 0 aromatic heterocycles. The van der Waals surface area contributed by atoms with Crippen LogP contribution in [0.5, 0.6) is 0 Å². The van der Waals surface area contributed by atoms with Gasteiger partial charge >= 0.3 is 5.97 Å². The van der Waals surface area contributed by atoms with Gasteiger partial charge in [-0.3, -0.25) is 9.59 Å². The first-order valence-electron chi connectivity index (χ1n) is 7.40. The van der Waals surface area contributed by atoms with Crippen LogP contribution in [0.15, 0.2) is 0 Å². The zero-order valence-corrected chi connectivity index (χ0v) is 11.9. The smallest absolute Gasteiger partial charge is 0.306 e. The molecular weight excluding hydrogens is 242 g/mol. The van der Waals surface area contributed by atoms with Gasteiger partial charge in [0.1, 0.15) is 0 Å². The standard InChI is InChI=1S/C15H25NO3/c1-15(2)6-4-3-5-11(15)9-13(17)16-12-7-10(8-12)14(18)19/h10-12H,3-9H2,1-2H3,(H,16,17)(H,18,19). The van der Waals surface area contributed by atoms with Gasteiger partial charge in [0.2, 0.25) is 5.91 Å². The summed E-state index contributed by atoms with van der Waals surface area (Å²) in [5.41, 5.74) is 0.263. The van der Waals surface area contributed by atoms with E-state index in [0.717, 1.165) is 6.42 Å². The molecule has 0 heterocycles. The maximum absolute atomic E-state index is 12.0. The lowest BCUT2D eigenvalue weighted by Gasteiger charge is -2.39. The number of carboxylic acid groups (broad SMARTS) is 1. The molecule has 0 bridgehead atoms. The van der Waals surface area contributed by atoms with Crippen LogP contribution in [-0.4, -0.2) is 23.0 Å². The van der Waals surface area contributed by atoms with E-state index in [1.807, 2.05) is 0 Å². The third-order valence-corrected chi connectivity index (χ3v) is 5.01. The Hall–Kier alpha value is -1.06. The van der Waals surface area contributed by atoms with Crippen molar-refractivity contribution in [2.45, 2.75) is 64.8 Å². The van der Waals surface area contributed by atoms with Crippen LogP contribution in [0.3, 0.4) is 0 Å². The average molecular weight is 267 g/mol. The number of nitrogens with one attached hydrogen (secondary N) is 1. The van der Waals surface area contributed by atoms with Crippen molar-refractivity contribution in [3.63, 3.8) is 0 Å². The number of hydrogen-bond donors (Lipinski definition) is 2. The quantitative estimate of drug-likeness (QED) is 0.822. The highest BCUT2D eigenvalue weighted by molar-refractivity contribution is 5.77. The summed E-state index contributed by atoms with van der Waals surface area (Å²) in [5, 5.41) is 11.8. The molecule has 4 heteroatoms. The molecule has 108 valence electrons. The second kappa shape index (κ2) is 5.51. The Labute approximate surface area is 115 Å². The fourth-order valence-electron chi connectivity index (χ4n) is 3.39. The van der Waals surface area contributed by atoms with Gasteiger partial charge in [0, 0.05) is 12.5 Å². The van der Waals surface area contributed by atoms with E-state index < -0.39 is 5.97 Å². The van der Waals surface area contributed by atoms with Crippen LogP contribution in [0.1, 0.15) is 58.8 Å². The molecule has 1 unspecified atom stereocenters. The Kier molecular flexibility index (Phi) is 4.16. The average Bonchev–Trinajstić information content (AvgIpc) is 2.25. The topological polar surface area (TPSA) is 66.4 Å². The van der Waals surface area contributed by atoms with Crippen LogP contribution in [0, 0.1) is 17.3 Å². The fraction of sp³-hybridized carbons (Fsp3) is 0.867. The van der Waals surface area contributed by atoms with Gasteiger partial charge in [-0.05, 0) is 37.0 Å². The summed E-state index contributed by atoms with van der Waals surface area (Å²) >= 11 is 0. The van der Waals surface area contributed by atoms with Crippen LogP contribution in [0.2, 0.25) is 0 Å². The first-order chi connectivity index (χ1) is 8.88. The lowest BCUT2D eigenvalue weighted by molar-refractivity contribution is -0.146. The molecule has 1 amide bonds. The Morgan fingerprint density at radius 2 is 1.95 bits per heavy atom. The van der Waals surface area contributed by atoms with Gasteiger partial charge in [-0.1, -0.05) is 26.7 Å². The third kappa shape index (κ3) is 3.48. The van der Waals surface area contributed by atoms with Gasteiger partial charge in [0.15, 0.2) is 0 Å². The minimum absolute atomic E-state index is 0.0836. The number of carboxylic acids is 1. The summed E-state index contributed by atoms with van der Waals surface area (Å²) < 4.78 is 0. The van der Waals surface area contributed by atoms with Crippen molar-refractivity contribution in [2.75, 3.05) is 0 Å². The summed E-state index contributed by atoms with van der Waals surface area (Å²) in [5.74, 6) is -0.416. The Bertz CT molecular complexity index is 358. The molecule has 0 aromatic rings. The van der Waals surface area contributed by atoms with Crippen molar-refractivity contribution in [2.24, 2.45) is 17.3 Å². The van der Waals surface area contributed by atoms with Gasteiger partial charge in [-0.15, -0.1) is 0 Å². The highest BCUT2D eigenvalue weighted by Gasteiger charge is 2.37. The van der Waals surface area contributed by atoms with Gasteiger partial charge in [-0.25, -0.2) is 0 Å². The molecule has 0 aromatic carbocycles. The molecule has 2 fully saturated rings. The zero-order valence-electron chi connectivity index (χ0n) is 11.9. The number of hydrogen-bond acceptors (Lipinski definition) is 2. The van der Waals surface area contributed by atoms with Crippen LogP contribution >= 0.6 is 0 Å². The number of carbonyl (C=O) groups is 2. The second-order valence-electron chi connectivity index (χ2n) is 6.91. The summed E-state index contributed by atoms with van der Waals surface area (Å²) in [7, 11) is 0. The van der Waals surface area contributed by atoms with E-state index in [9.17, 15) is 9.59 Å². The molecule has 0 saturated heterocycles. The third-order valence-electron chi connectivity index (χ3n) is 5.01. The lowest BCUT2D eigenvalue weighted by atomic mass is 9.67. The van der Waals surface area contributed by atoms with Crippen LogP contribution in [0.25, 0.3) is 0 Å². The predicted octanol–water partition coefficient (Wildman–Crippen LogP) is 2.57.